The van der Waals surface area contributed by atoms with Gasteiger partial charge in [-0.3, -0.25) is 4.79 Å². The third kappa shape index (κ3) is 5.16. The molecule has 1 unspecified atom stereocenters. The molecule has 0 aliphatic carbocycles. The van der Waals surface area contributed by atoms with Crippen LogP contribution in [0.1, 0.15) is 37.1 Å². The van der Waals surface area contributed by atoms with Crippen LogP contribution in [0.5, 0.6) is 5.75 Å². The molecule has 0 radical (unpaired) electrons. The summed E-state index contributed by atoms with van der Waals surface area (Å²) in [7, 11) is 0. The minimum absolute atomic E-state index is 0.0855. The molecule has 3 aromatic rings. The summed E-state index contributed by atoms with van der Waals surface area (Å²) >= 11 is 1.36. The SMILES string of the molecule is CCn1c(SCC(=O)NCc2ccco2)nnc1C(C)Oc1cccc(C)c1. The number of hydrogen-bond acceptors (Lipinski definition) is 6. The maximum Gasteiger partial charge on any atom is 0.230 e. The number of ether oxygens (including phenoxy) is 1. The van der Waals surface area contributed by atoms with Crippen LogP contribution >= 0.6 is 11.8 Å². The highest BCUT2D eigenvalue weighted by molar-refractivity contribution is 7.99. The van der Waals surface area contributed by atoms with Crippen molar-refractivity contribution in [3.8, 4) is 5.75 Å². The standard InChI is InChI=1S/C20H24N4O3S/c1-4-24-19(15(3)27-16-8-5-7-14(2)11-16)22-23-20(24)28-13-18(25)21-12-17-9-6-10-26-17/h5-11,15H,4,12-13H2,1-3H3,(H,21,25). The molecule has 0 aliphatic heterocycles. The lowest BCUT2D eigenvalue weighted by atomic mass is 10.2. The van der Waals surface area contributed by atoms with Gasteiger partial charge < -0.3 is 19.0 Å². The van der Waals surface area contributed by atoms with Crippen LogP contribution < -0.4 is 10.1 Å². The first-order valence-corrected chi connectivity index (χ1v) is 10.1. The average molecular weight is 401 g/mol. The van der Waals surface area contributed by atoms with Gasteiger partial charge in [0.05, 0.1) is 18.6 Å². The van der Waals surface area contributed by atoms with E-state index < -0.39 is 0 Å². The highest BCUT2D eigenvalue weighted by Gasteiger charge is 2.19. The van der Waals surface area contributed by atoms with E-state index in [0.29, 0.717) is 18.2 Å². The van der Waals surface area contributed by atoms with Gasteiger partial charge in [0.1, 0.15) is 11.5 Å². The molecule has 0 fully saturated rings. The van der Waals surface area contributed by atoms with Crippen LogP contribution in [0.25, 0.3) is 0 Å². The van der Waals surface area contributed by atoms with Crippen molar-refractivity contribution in [3.63, 3.8) is 0 Å². The van der Waals surface area contributed by atoms with Gasteiger partial charge >= 0.3 is 0 Å². The molecule has 0 spiro atoms. The number of benzene rings is 1. The Kier molecular flexibility index (Phi) is 6.76. The Bertz CT molecular complexity index is 908. The number of rotatable bonds is 9. The first-order valence-electron chi connectivity index (χ1n) is 9.15. The van der Waals surface area contributed by atoms with E-state index in [1.807, 2.05) is 55.7 Å². The summed E-state index contributed by atoms with van der Waals surface area (Å²) in [5, 5.41) is 12.1. The van der Waals surface area contributed by atoms with Gasteiger partial charge in [-0.05, 0) is 50.6 Å². The van der Waals surface area contributed by atoms with Crippen molar-refractivity contribution in [2.45, 2.75) is 45.1 Å². The Labute approximate surface area is 168 Å². The molecule has 2 heterocycles. The van der Waals surface area contributed by atoms with Crippen molar-refractivity contribution in [1.82, 2.24) is 20.1 Å². The number of amides is 1. The maximum absolute atomic E-state index is 12.1. The second-order valence-corrected chi connectivity index (χ2v) is 7.25. The fourth-order valence-corrected chi connectivity index (χ4v) is 3.57. The van der Waals surface area contributed by atoms with Crippen molar-refractivity contribution in [2.75, 3.05) is 5.75 Å². The van der Waals surface area contributed by atoms with Gasteiger partial charge in [-0.1, -0.05) is 23.9 Å². The van der Waals surface area contributed by atoms with E-state index >= 15 is 0 Å². The van der Waals surface area contributed by atoms with Crippen LogP contribution in [0.2, 0.25) is 0 Å². The number of carbonyl (C=O) groups is 1. The lowest BCUT2D eigenvalue weighted by molar-refractivity contribution is -0.118. The lowest BCUT2D eigenvalue weighted by Gasteiger charge is -2.16. The first-order chi connectivity index (χ1) is 13.6. The minimum Gasteiger partial charge on any atom is -0.483 e. The van der Waals surface area contributed by atoms with E-state index in [2.05, 4.69) is 15.5 Å². The summed E-state index contributed by atoms with van der Waals surface area (Å²) in [5.74, 6) is 2.43. The molecule has 1 N–H and O–H groups in total. The van der Waals surface area contributed by atoms with Gasteiger partial charge in [-0.25, -0.2) is 0 Å². The van der Waals surface area contributed by atoms with Crippen LogP contribution in [0.3, 0.4) is 0 Å². The van der Waals surface area contributed by atoms with E-state index in [0.717, 1.165) is 22.9 Å². The molecular formula is C20H24N4O3S. The number of nitrogens with zero attached hydrogens (tertiary/aromatic N) is 3. The van der Waals surface area contributed by atoms with Gasteiger partial charge in [0, 0.05) is 6.54 Å². The molecular weight excluding hydrogens is 376 g/mol. The molecule has 8 heteroatoms. The Morgan fingerprint density at radius 3 is 2.89 bits per heavy atom. The highest BCUT2D eigenvalue weighted by Crippen LogP contribution is 2.25. The lowest BCUT2D eigenvalue weighted by Crippen LogP contribution is -2.24. The Hall–Kier alpha value is -2.74. The van der Waals surface area contributed by atoms with E-state index in [9.17, 15) is 4.79 Å². The highest BCUT2D eigenvalue weighted by atomic mass is 32.2. The average Bonchev–Trinajstić information content (AvgIpc) is 3.34. The predicted octanol–water partition coefficient (Wildman–Crippen LogP) is 3.75. The number of aromatic nitrogens is 3. The summed E-state index contributed by atoms with van der Waals surface area (Å²) in [6.45, 7) is 7.06. The van der Waals surface area contributed by atoms with Crippen molar-refractivity contribution >= 4 is 17.7 Å². The molecule has 28 heavy (non-hydrogen) atoms. The molecule has 148 valence electrons. The van der Waals surface area contributed by atoms with Crippen LogP contribution in [-0.2, 0) is 17.9 Å². The summed E-state index contributed by atoms with van der Waals surface area (Å²) in [5.41, 5.74) is 1.14. The van der Waals surface area contributed by atoms with Crippen molar-refractivity contribution < 1.29 is 13.9 Å². The van der Waals surface area contributed by atoms with Gasteiger partial charge in [0.15, 0.2) is 17.1 Å². The Morgan fingerprint density at radius 2 is 2.18 bits per heavy atom. The second-order valence-electron chi connectivity index (χ2n) is 6.31. The molecule has 0 bridgehead atoms. The number of nitrogens with one attached hydrogen (secondary N) is 1. The smallest absolute Gasteiger partial charge is 0.230 e. The second kappa shape index (κ2) is 9.45. The normalized spacial score (nSPS) is 12.0. The van der Waals surface area contributed by atoms with E-state index in [4.69, 9.17) is 9.15 Å². The van der Waals surface area contributed by atoms with Crippen molar-refractivity contribution in [1.29, 1.82) is 0 Å². The van der Waals surface area contributed by atoms with Gasteiger partial charge in [0.2, 0.25) is 5.91 Å². The van der Waals surface area contributed by atoms with E-state index in [1.165, 1.54) is 11.8 Å². The predicted molar refractivity (Wildman–Crippen MR) is 107 cm³/mol. The van der Waals surface area contributed by atoms with E-state index in [-0.39, 0.29) is 17.8 Å². The van der Waals surface area contributed by atoms with Crippen molar-refractivity contribution in [3.05, 3.63) is 59.8 Å². The molecule has 3 rings (SSSR count). The number of carbonyl (C=O) groups excluding carboxylic acids is 1. The fourth-order valence-electron chi connectivity index (χ4n) is 2.73. The summed E-state index contributed by atoms with van der Waals surface area (Å²) in [6, 6.07) is 11.5. The topological polar surface area (TPSA) is 82.2 Å². The first kappa shape index (κ1) is 20.0. The largest absolute Gasteiger partial charge is 0.483 e. The molecule has 1 atom stereocenters. The molecule has 2 aromatic heterocycles. The fraction of sp³-hybridized carbons (Fsp3) is 0.350. The molecule has 0 aliphatic rings. The molecule has 0 saturated carbocycles. The zero-order valence-corrected chi connectivity index (χ0v) is 17.0. The zero-order chi connectivity index (χ0) is 19.9. The summed E-state index contributed by atoms with van der Waals surface area (Å²) in [6.07, 6.45) is 1.33. The summed E-state index contributed by atoms with van der Waals surface area (Å²) in [4.78, 5) is 12.1. The van der Waals surface area contributed by atoms with Crippen LogP contribution in [0.4, 0.5) is 0 Å². The molecule has 1 amide bonds. The zero-order valence-electron chi connectivity index (χ0n) is 16.2. The van der Waals surface area contributed by atoms with E-state index in [1.54, 1.807) is 12.3 Å². The van der Waals surface area contributed by atoms with Crippen LogP contribution in [0.15, 0.2) is 52.2 Å². The number of aryl methyl sites for hydroxylation is 1. The number of thioether (sulfide) groups is 1. The molecule has 1 aromatic carbocycles. The third-order valence-electron chi connectivity index (χ3n) is 4.10. The van der Waals surface area contributed by atoms with Crippen LogP contribution in [-0.4, -0.2) is 26.4 Å². The number of hydrogen-bond donors (Lipinski definition) is 1. The Balaban J connectivity index is 1.58. The number of furan rings is 1. The quantitative estimate of drug-likeness (QED) is 0.551. The Morgan fingerprint density at radius 1 is 1.32 bits per heavy atom. The minimum atomic E-state index is -0.253. The van der Waals surface area contributed by atoms with Gasteiger partial charge in [-0.15, -0.1) is 10.2 Å². The maximum atomic E-state index is 12.1. The van der Waals surface area contributed by atoms with Crippen LogP contribution in [0, 0.1) is 6.92 Å². The monoisotopic (exact) mass is 400 g/mol. The molecule has 0 saturated heterocycles. The van der Waals surface area contributed by atoms with Gasteiger partial charge in [0.25, 0.3) is 0 Å². The third-order valence-corrected chi connectivity index (χ3v) is 5.07. The van der Waals surface area contributed by atoms with Gasteiger partial charge in [-0.2, -0.15) is 0 Å². The summed E-state index contributed by atoms with van der Waals surface area (Å²) < 4.78 is 13.2. The van der Waals surface area contributed by atoms with Crippen molar-refractivity contribution in [2.24, 2.45) is 0 Å². The molecule has 7 nitrogen and oxygen atoms in total.